The summed E-state index contributed by atoms with van der Waals surface area (Å²) in [5.74, 6) is 0.898. The molecular weight excluding hydrogens is 252 g/mol. The Bertz CT molecular complexity index is 460. The molecule has 1 aliphatic heterocycles. The number of hydrogen-bond donors (Lipinski definition) is 2. The predicted molar refractivity (Wildman–Crippen MR) is 82.5 cm³/mol. The van der Waals surface area contributed by atoms with Crippen molar-refractivity contribution in [3.63, 3.8) is 0 Å². The Kier molecular flexibility index (Phi) is 4.55. The van der Waals surface area contributed by atoms with Crippen LogP contribution in [0.4, 0.5) is 5.69 Å². The molecule has 1 aliphatic rings. The molecule has 112 valence electrons. The van der Waals surface area contributed by atoms with Crippen molar-refractivity contribution in [1.82, 2.24) is 5.32 Å². The van der Waals surface area contributed by atoms with Gasteiger partial charge in [-0.25, -0.2) is 0 Å². The lowest BCUT2D eigenvalue weighted by molar-refractivity contribution is 0.0448. The maximum absolute atomic E-state index is 10.3. The fraction of sp³-hybridized carbons (Fsp3) is 0.625. The van der Waals surface area contributed by atoms with Gasteiger partial charge in [0, 0.05) is 30.4 Å². The summed E-state index contributed by atoms with van der Waals surface area (Å²) in [4.78, 5) is 2.27. The Morgan fingerprint density at radius 1 is 1.45 bits per heavy atom. The number of β-amino-alcohol motifs (C(OH)–C–C–N with tert-alkyl or cyclic N) is 1. The second-order valence-electron chi connectivity index (χ2n) is 5.93. The average molecular weight is 278 g/mol. The molecule has 0 aliphatic carbocycles. The number of aliphatic hydroxyl groups is 1. The Labute approximate surface area is 121 Å². The molecule has 0 saturated carbocycles. The minimum atomic E-state index is -0.610. The summed E-state index contributed by atoms with van der Waals surface area (Å²) in [6.07, 6.45) is 1.88. The molecule has 0 amide bonds. The Morgan fingerprint density at radius 2 is 2.20 bits per heavy atom. The highest BCUT2D eigenvalue weighted by Crippen LogP contribution is 2.36. The standard InChI is InChI=1S/C16H26N2O2/c1-12(17-3)15-13(7-5-8-14(15)20-4)18-10-6-9-16(2,19)11-18/h5,7-8,12,17,19H,6,9-11H2,1-4H3. The molecule has 2 atom stereocenters. The summed E-state index contributed by atoms with van der Waals surface area (Å²) in [7, 11) is 3.66. The molecule has 1 saturated heterocycles. The van der Waals surface area contributed by atoms with Crippen molar-refractivity contribution >= 4 is 5.69 Å². The molecule has 1 fully saturated rings. The zero-order valence-electron chi connectivity index (χ0n) is 12.9. The van der Waals surface area contributed by atoms with Gasteiger partial charge in [0.15, 0.2) is 0 Å². The number of piperidine rings is 1. The third kappa shape index (κ3) is 3.07. The quantitative estimate of drug-likeness (QED) is 0.887. The van der Waals surface area contributed by atoms with Crippen molar-refractivity contribution in [2.45, 2.75) is 38.3 Å². The lowest BCUT2D eigenvalue weighted by Gasteiger charge is -2.39. The van der Waals surface area contributed by atoms with E-state index in [1.54, 1.807) is 7.11 Å². The first kappa shape index (κ1) is 15.1. The van der Waals surface area contributed by atoms with E-state index >= 15 is 0 Å². The SMILES string of the molecule is CNC(C)c1c(OC)cccc1N1CCCC(C)(O)C1. The molecule has 2 rings (SSSR count). The molecular formula is C16H26N2O2. The van der Waals surface area contributed by atoms with Crippen molar-refractivity contribution < 1.29 is 9.84 Å². The number of hydrogen-bond acceptors (Lipinski definition) is 4. The summed E-state index contributed by atoms with van der Waals surface area (Å²) in [5, 5.41) is 13.6. The molecule has 2 unspecified atom stereocenters. The number of ether oxygens (including phenoxy) is 1. The second kappa shape index (κ2) is 6.02. The van der Waals surface area contributed by atoms with Crippen LogP contribution < -0.4 is 15.0 Å². The fourth-order valence-electron chi connectivity index (χ4n) is 2.99. The minimum absolute atomic E-state index is 0.202. The van der Waals surface area contributed by atoms with Crippen LogP contribution in [0.5, 0.6) is 5.75 Å². The normalized spacial score (nSPS) is 24.6. The Morgan fingerprint density at radius 3 is 2.80 bits per heavy atom. The van der Waals surface area contributed by atoms with Gasteiger partial charge in [0.05, 0.1) is 12.7 Å². The van der Waals surface area contributed by atoms with Crippen molar-refractivity contribution in [3.05, 3.63) is 23.8 Å². The molecule has 0 bridgehead atoms. The Hall–Kier alpha value is -1.26. The number of rotatable bonds is 4. The maximum atomic E-state index is 10.3. The third-order valence-corrected chi connectivity index (χ3v) is 4.14. The highest BCUT2D eigenvalue weighted by molar-refractivity contribution is 5.61. The van der Waals surface area contributed by atoms with Gasteiger partial charge in [-0.15, -0.1) is 0 Å². The van der Waals surface area contributed by atoms with E-state index in [-0.39, 0.29) is 6.04 Å². The highest BCUT2D eigenvalue weighted by Gasteiger charge is 2.30. The summed E-state index contributed by atoms with van der Waals surface area (Å²) in [5.41, 5.74) is 1.71. The van der Waals surface area contributed by atoms with Crippen LogP contribution in [-0.4, -0.2) is 38.0 Å². The summed E-state index contributed by atoms with van der Waals surface area (Å²) >= 11 is 0. The molecule has 2 N–H and O–H groups in total. The predicted octanol–water partition coefficient (Wildman–Crippen LogP) is 2.33. The van der Waals surface area contributed by atoms with Gasteiger partial charge in [-0.2, -0.15) is 0 Å². The van der Waals surface area contributed by atoms with E-state index in [1.807, 2.05) is 26.1 Å². The second-order valence-corrected chi connectivity index (χ2v) is 5.93. The molecule has 0 spiro atoms. The van der Waals surface area contributed by atoms with Gasteiger partial charge in [0.1, 0.15) is 5.75 Å². The van der Waals surface area contributed by atoms with E-state index in [4.69, 9.17) is 4.74 Å². The molecule has 4 heteroatoms. The molecule has 1 heterocycles. The monoisotopic (exact) mass is 278 g/mol. The zero-order valence-corrected chi connectivity index (χ0v) is 12.9. The largest absolute Gasteiger partial charge is 0.496 e. The van der Waals surface area contributed by atoms with Gasteiger partial charge in [-0.1, -0.05) is 6.07 Å². The van der Waals surface area contributed by atoms with Crippen molar-refractivity contribution in [3.8, 4) is 5.75 Å². The molecule has 1 aromatic rings. The number of methoxy groups -OCH3 is 1. The van der Waals surface area contributed by atoms with E-state index in [2.05, 4.69) is 23.2 Å². The van der Waals surface area contributed by atoms with E-state index in [9.17, 15) is 5.11 Å². The van der Waals surface area contributed by atoms with Crippen molar-refractivity contribution in [1.29, 1.82) is 0 Å². The first-order chi connectivity index (χ1) is 9.48. The molecule has 1 aromatic carbocycles. The molecule has 0 aromatic heterocycles. The summed E-state index contributed by atoms with van der Waals surface area (Å²) in [6, 6.07) is 6.33. The number of anilines is 1. The summed E-state index contributed by atoms with van der Waals surface area (Å²) in [6.45, 7) is 5.69. The van der Waals surface area contributed by atoms with Gasteiger partial charge < -0.3 is 20.1 Å². The molecule has 0 radical (unpaired) electrons. The highest BCUT2D eigenvalue weighted by atomic mass is 16.5. The van der Waals surface area contributed by atoms with Crippen LogP contribution in [0, 0.1) is 0 Å². The van der Waals surface area contributed by atoms with Gasteiger partial charge in [-0.3, -0.25) is 0 Å². The van der Waals surface area contributed by atoms with Crippen LogP contribution >= 0.6 is 0 Å². The summed E-state index contributed by atoms with van der Waals surface area (Å²) < 4.78 is 5.52. The lowest BCUT2D eigenvalue weighted by Crippen LogP contribution is -2.46. The van der Waals surface area contributed by atoms with E-state index in [1.165, 1.54) is 0 Å². The first-order valence-electron chi connectivity index (χ1n) is 7.30. The van der Waals surface area contributed by atoms with Gasteiger partial charge in [-0.05, 0) is 45.9 Å². The zero-order chi connectivity index (χ0) is 14.8. The smallest absolute Gasteiger partial charge is 0.125 e. The lowest BCUT2D eigenvalue weighted by atomic mass is 9.93. The van der Waals surface area contributed by atoms with Gasteiger partial charge >= 0.3 is 0 Å². The Balaban J connectivity index is 2.40. The first-order valence-corrected chi connectivity index (χ1v) is 7.30. The topological polar surface area (TPSA) is 44.7 Å². The fourth-order valence-corrected chi connectivity index (χ4v) is 2.99. The average Bonchev–Trinajstić information content (AvgIpc) is 2.44. The van der Waals surface area contributed by atoms with Crippen LogP contribution in [0.25, 0.3) is 0 Å². The molecule has 20 heavy (non-hydrogen) atoms. The van der Waals surface area contributed by atoms with E-state index in [0.29, 0.717) is 6.54 Å². The number of nitrogens with one attached hydrogen (secondary N) is 1. The number of nitrogens with zero attached hydrogens (tertiary/aromatic N) is 1. The number of benzene rings is 1. The van der Waals surface area contributed by atoms with Gasteiger partial charge in [0.25, 0.3) is 0 Å². The van der Waals surface area contributed by atoms with Crippen LogP contribution in [0.15, 0.2) is 18.2 Å². The van der Waals surface area contributed by atoms with Crippen LogP contribution in [-0.2, 0) is 0 Å². The van der Waals surface area contributed by atoms with Gasteiger partial charge in [0.2, 0.25) is 0 Å². The van der Waals surface area contributed by atoms with E-state index < -0.39 is 5.60 Å². The maximum Gasteiger partial charge on any atom is 0.125 e. The molecule has 4 nitrogen and oxygen atoms in total. The van der Waals surface area contributed by atoms with Crippen LogP contribution in [0.2, 0.25) is 0 Å². The van der Waals surface area contributed by atoms with Crippen molar-refractivity contribution in [2.75, 3.05) is 32.1 Å². The third-order valence-electron chi connectivity index (χ3n) is 4.14. The van der Waals surface area contributed by atoms with Crippen LogP contribution in [0.3, 0.4) is 0 Å². The van der Waals surface area contributed by atoms with Crippen molar-refractivity contribution in [2.24, 2.45) is 0 Å². The van der Waals surface area contributed by atoms with Crippen LogP contribution in [0.1, 0.15) is 38.3 Å². The van der Waals surface area contributed by atoms with E-state index in [0.717, 1.165) is 36.4 Å². The minimum Gasteiger partial charge on any atom is -0.496 e.